The first-order valence-electron chi connectivity index (χ1n) is 10.5. The Balaban J connectivity index is 1.53. The van der Waals surface area contributed by atoms with E-state index in [4.69, 9.17) is 9.98 Å². The van der Waals surface area contributed by atoms with Gasteiger partial charge < -0.3 is 5.32 Å². The zero-order valence-corrected chi connectivity index (χ0v) is 18.7. The number of carbonyl (C=O) groups is 2. The number of para-hydroxylation sites is 1. The number of hydrogen-bond acceptors (Lipinski definition) is 5. The topological polar surface area (TPSA) is 74.1 Å². The molecule has 2 aromatic rings. The van der Waals surface area contributed by atoms with Crippen molar-refractivity contribution in [3.63, 3.8) is 0 Å². The summed E-state index contributed by atoms with van der Waals surface area (Å²) in [6.07, 6.45) is 0.687. The summed E-state index contributed by atoms with van der Waals surface area (Å²) in [5, 5.41) is 3.06. The fourth-order valence-electron chi connectivity index (χ4n) is 3.62. The number of benzene rings is 2. The van der Waals surface area contributed by atoms with Crippen LogP contribution in [0.3, 0.4) is 0 Å². The van der Waals surface area contributed by atoms with E-state index in [-0.39, 0.29) is 11.8 Å². The second-order valence-electron chi connectivity index (χ2n) is 8.15. The predicted octanol–water partition coefficient (Wildman–Crippen LogP) is 4.13. The summed E-state index contributed by atoms with van der Waals surface area (Å²) in [6, 6.07) is 17.1. The Kier molecular flexibility index (Phi) is 6.23. The van der Waals surface area contributed by atoms with Crippen LogP contribution in [-0.4, -0.2) is 39.0 Å². The van der Waals surface area contributed by atoms with Crippen molar-refractivity contribution in [1.29, 1.82) is 0 Å². The number of hydrogen-bond donors (Lipinski definition) is 1. The summed E-state index contributed by atoms with van der Waals surface area (Å²) in [7, 11) is 0. The van der Waals surface area contributed by atoms with E-state index in [2.05, 4.69) is 19.2 Å². The van der Waals surface area contributed by atoms with Gasteiger partial charge in [-0.05, 0) is 37.0 Å². The lowest BCUT2D eigenvalue weighted by molar-refractivity contribution is -0.125. The Morgan fingerprint density at radius 2 is 1.81 bits per heavy atom. The summed E-state index contributed by atoms with van der Waals surface area (Å²) in [6.45, 7) is 6.46. The van der Waals surface area contributed by atoms with Crippen molar-refractivity contribution in [3.05, 3.63) is 65.7 Å². The summed E-state index contributed by atoms with van der Waals surface area (Å²) < 4.78 is 0. The molecule has 4 rings (SSSR count). The van der Waals surface area contributed by atoms with Gasteiger partial charge in [0.15, 0.2) is 5.17 Å². The molecule has 2 amide bonds. The van der Waals surface area contributed by atoms with E-state index < -0.39 is 11.3 Å². The van der Waals surface area contributed by atoms with E-state index in [1.807, 2.05) is 61.5 Å². The lowest BCUT2D eigenvalue weighted by Crippen LogP contribution is -2.43. The smallest absolute Gasteiger partial charge is 0.259 e. The third-order valence-corrected chi connectivity index (χ3v) is 6.26. The molecule has 6 nitrogen and oxygen atoms in total. The van der Waals surface area contributed by atoms with Gasteiger partial charge in [0, 0.05) is 12.1 Å². The minimum atomic E-state index is -0.411. The first kappa shape index (κ1) is 21.3. The van der Waals surface area contributed by atoms with Crippen molar-refractivity contribution in [2.45, 2.75) is 45.0 Å². The summed E-state index contributed by atoms with van der Waals surface area (Å²) in [4.78, 5) is 36.9. The molecule has 7 heteroatoms. The number of aliphatic imine (C=N–C) groups is 2. The largest absolute Gasteiger partial charge is 0.351 e. The average molecular weight is 435 g/mol. The Labute approximate surface area is 186 Å². The van der Waals surface area contributed by atoms with Gasteiger partial charge in [0.05, 0.1) is 10.9 Å². The van der Waals surface area contributed by atoms with Gasteiger partial charge in [0.25, 0.3) is 5.91 Å². The maximum Gasteiger partial charge on any atom is 0.259 e. The molecule has 2 heterocycles. The highest BCUT2D eigenvalue weighted by Gasteiger charge is 2.42. The van der Waals surface area contributed by atoms with E-state index in [1.165, 1.54) is 11.8 Å². The molecule has 2 atom stereocenters. The first-order valence-corrected chi connectivity index (χ1v) is 11.4. The maximum absolute atomic E-state index is 13.2. The molecule has 2 aromatic carbocycles. The number of amides is 2. The van der Waals surface area contributed by atoms with E-state index in [0.29, 0.717) is 29.9 Å². The van der Waals surface area contributed by atoms with Crippen LogP contribution in [0.25, 0.3) is 0 Å². The zero-order valence-electron chi connectivity index (χ0n) is 17.9. The van der Waals surface area contributed by atoms with Crippen LogP contribution in [0.1, 0.15) is 38.3 Å². The lowest BCUT2D eigenvalue weighted by atomic mass is 10.0. The van der Waals surface area contributed by atoms with Crippen LogP contribution < -0.4 is 5.32 Å². The van der Waals surface area contributed by atoms with Gasteiger partial charge in [-0.1, -0.05) is 68.1 Å². The van der Waals surface area contributed by atoms with E-state index in [9.17, 15) is 9.59 Å². The van der Waals surface area contributed by atoms with E-state index in [0.717, 1.165) is 16.8 Å². The molecule has 1 N–H and O–H groups in total. The van der Waals surface area contributed by atoms with Crippen molar-refractivity contribution in [1.82, 2.24) is 10.2 Å². The monoisotopic (exact) mass is 434 g/mol. The molecule has 0 aromatic heterocycles. The highest BCUT2D eigenvalue weighted by atomic mass is 32.2. The molecule has 0 radical (unpaired) electrons. The SMILES string of the molecule is CC(C)C[C@@H]1N=C2c3ccccc3N=C(S[C@H](C)C(=O)NCc3ccccc3)N2C1=O. The second kappa shape index (κ2) is 9.06. The molecule has 0 aliphatic carbocycles. The summed E-state index contributed by atoms with van der Waals surface area (Å²) in [5.74, 6) is 0.826. The van der Waals surface area contributed by atoms with Crippen LogP contribution in [-0.2, 0) is 16.1 Å². The molecule has 0 bridgehead atoms. The highest BCUT2D eigenvalue weighted by molar-refractivity contribution is 8.15. The summed E-state index contributed by atoms with van der Waals surface area (Å²) in [5.41, 5.74) is 2.67. The standard InChI is InChI=1S/C24H26N4O2S/c1-15(2)13-20-23(30)28-21(26-20)18-11-7-8-12-19(18)27-24(28)31-16(3)22(29)25-14-17-9-5-4-6-10-17/h4-12,15-16,20H,13-14H2,1-3H3,(H,25,29)/t16-,20+/m1/s1. The first-order chi connectivity index (χ1) is 14.9. The van der Waals surface area contributed by atoms with E-state index in [1.54, 1.807) is 4.90 Å². The Morgan fingerprint density at radius 3 is 2.55 bits per heavy atom. The molecule has 0 unspecified atom stereocenters. The van der Waals surface area contributed by atoms with Gasteiger partial charge in [0.1, 0.15) is 11.9 Å². The van der Waals surface area contributed by atoms with Gasteiger partial charge in [-0.15, -0.1) is 0 Å². The number of carbonyl (C=O) groups excluding carboxylic acids is 2. The van der Waals surface area contributed by atoms with Crippen LogP contribution in [0, 0.1) is 5.92 Å². The number of nitrogens with one attached hydrogen (secondary N) is 1. The van der Waals surface area contributed by atoms with Gasteiger partial charge in [0.2, 0.25) is 5.91 Å². The van der Waals surface area contributed by atoms with Crippen molar-refractivity contribution in [2.24, 2.45) is 15.9 Å². The Bertz CT molecular complexity index is 1050. The third kappa shape index (κ3) is 4.56. The van der Waals surface area contributed by atoms with Crippen LogP contribution in [0.5, 0.6) is 0 Å². The van der Waals surface area contributed by atoms with Crippen LogP contribution in [0.2, 0.25) is 0 Å². The highest BCUT2D eigenvalue weighted by Crippen LogP contribution is 2.35. The van der Waals surface area contributed by atoms with Gasteiger partial charge in [-0.2, -0.15) is 0 Å². The fourth-order valence-corrected chi connectivity index (χ4v) is 4.56. The molecule has 0 spiro atoms. The van der Waals surface area contributed by atoms with Crippen molar-refractivity contribution in [2.75, 3.05) is 0 Å². The fraction of sp³-hybridized carbons (Fsp3) is 0.333. The molecular formula is C24H26N4O2S. The van der Waals surface area contributed by atoms with Crippen molar-refractivity contribution < 1.29 is 9.59 Å². The number of thioether (sulfide) groups is 1. The molecular weight excluding hydrogens is 408 g/mol. The minimum Gasteiger partial charge on any atom is -0.351 e. The zero-order chi connectivity index (χ0) is 22.0. The maximum atomic E-state index is 13.2. The van der Waals surface area contributed by atoms with Crippen molar-refractivity contribution in [3.8, 4) is 0 Å². The number of amidine groups is 2. The number of nitrogens with zero attached hydrogens (tertiary/aromatic N) is 3. The molecule has 31 heavy (non-hydrogen) atoms. The number of fused-ring (bicyclic) bond motifs is 3. The Morgan fingerprint density at radius 1 is 1.10 bits per heavy atom. The second-order valence-corrected chi connectivity index (χ2v) is 9.45. The van der Waals surface area contributed by atoms with E-state index >= 15 is 0 Å². The molecule has 0 saturated carbocycles. The molecule has 2 aliphatic heterocycles. The van der Waals surface area contributed by atoms with Gasteiger partial charge in [-0.3, -0.25) is 14.6 Å². The molecule has 160 valence electrons. The van der Waals surface area contributed by atoms with Crippen LogP contribution in [0.15, 0.2) is 64.6 Å². The predicted molar refractivity (Wildman–Crippen MR) is 126 cm³/mol. The molecule has 0 fully saturated rings. The normalized spacial score (nSPS) is 18.3. The quantitative estimate of drug-likeness (QED) is 0.743. The van der Waals surface area contributed by atoms with Crippen LogP contribution in [0.4, 0.5) is 5.69 Å². The van der Waals surface area contributed by atoms with Crippen LogP contribution >= 0.6 is 11.8 Å². The summed E-state index contributed by atoms with van der Waals surface area (Å²) >= 11 is 1.29. The third-order valence-electron chi connectivity index (χ3n) is 5.20. The van der Waals surface area contributed by atoms with Gasteiger partial charge >= 0.3 is 0 Å². The van der Waals surface area contributed by atoms with Gasteiger partial charge in [-0.25, -0.2) is 9.89 Å². The minimum absolute atomic E-state index is 0.0682. The Hall–Kier alpha value is -2.93. The molecule has 2 aliphatic rings. The lowest BCUT2D eigenvalue weighted by Gasteiger charge is -2.27. The van der Waals surface area contributed by atoms with Crippen molar-refractivity contribution >= 4 is 40.3 Å². The average Bonchev–Trinajstić information content (AvgIpc) is 3.08. The molecule has 0 saturated heterocycles. The number of rotatable bonds is 6.